The molecule has 102 valence electrons. The maximum absolute atomic E-state index is 11.7. The minimum absolute atomic E-state index is 0.0358. The molecule has 19 heavy (non-hydrogen) atoms. The fourth-order valence-corrected chi connectivity index (χ4v) is 1.92. The van der Waals surface area contributed by atoms with Crippen molar-refractivity contribution in [1.82, 2.24) is 5.32 Å². The molecule has 0 aliphatic carbocycles. The average molecular weight is 262 g/mol. The van der Waals surface area contributed by atoms with Gasteiger partial charge < -0.3 is 15.4 Å². The topological polar surface area (TPSA) is 67.4 Å². The van der Waals surface area contributed by atoms with Gasteiger partial charge in [-0.25, -0.2) is 0 Å². The summed E-state index contributed by atoms with van der Waals surface area (Å²) in [4.78, 5) is 23.2. The Morgan fingerprint density at radius 1 is 1.47 bits per heavy atom. The van der Waals surface area contributed by atoms with Crippen LogP contribution < -0.4 is 15.4 Å². The summed E-state index contributed by atoms with van der Waals surface area (Å²) in [5.74, 6) is 0.433. The van der Waals surface area contributed by atoms with Crippen molar-refractivity contribution in [2.75, 3.05) is 5.32 Å². The van der Waals surface area contributed by atoms with Gasteiger partial charge in [-0.05, 0) is 38.5 Å². The number of hydrogen-bond acceptors (Lipinski definition) is 3. The predicted octanol–water partition coefficient (Wildman–Crippen LogP) is 1.47. The highest BCUT2D eigenvalue weighted by Gasteiger charge is 2.23. The van der Waals surface area contributed by atoms with E-state index in [2.05, 4.69) is 10.6 Å². The number of fused-ring (bicyclic) bond motifs is 1. The van der Waals surface area contributed by atoms with E-state index in [1.54, 1.807) is 19.1 Å². The molecule has 0 aromatic heterocycles. The Bertz CT molecular complexity index is 511. The molecule has 1 aromatic carbocycles. The van der Waals surface area contributed by atoms with Gasteiger partial charge in [0.2, 0.25) is 5.91 Å². The Balaban J connectivity index is 2.11. The number of anilines is 1. The van der Waals surface area contributed by atoms with Gasteiger partial charge in [-0.3, -0.25) is 9.59 Å². The predicted molar refractivity (Wildman–Crippen MR) is 72.1 cm³/mol. The van der Waals surface area contributed by atoms with Crippen molar-refractivity contribution in [3.05, 3.63) is 23.8 Å². The van der Waals surface area contributed by atoms with Crippen molar-refractivity contribution in [3.63, 3.8) is 0 Å². The zero-order valence-electron chi connectivity index (χ0n) is 11.3. The summed E-state index contributed by atoms with van der Waals surface area (Å²) in [7, 11) is 0. The lowest BCUT2D eigenvalue weighted by Gasteiger charge is -2.23. The second-order valence-electron chi connectivity index (χ2n) is 4.98. The molecule has 0 bridgehead atoms. The summed E-state index contributed by atoms with van der Waals surface area (Å²) in [5.41, 5.74) is 1.47. The van der Waals surface area contributed by atoms with Crippen LogP contribution in [-0.2, 0) is 16.0 Å². The lowest BCUT2D eigenvalue weighted by atomic mass is 10.1. The summed E-state index contributed by atoms with van der Waals surface area (Å²) < 4.78 is 5.46. The summed E-state index contributed by atoms with van der Waals surface area (Å²) in [5, 5.41) is 5.60. The van der Waals surface area contributed by atoms with Crippen LogP contribution in [0.2, 0.25) is 0 Å². The van der Waals surface area contributed by atoms with Crippen molar-refractivity contribution in [2.45, 2.75) is 39.3 Å². The van der Waals surface area contributed by atoms with Crippen molar-refractivity contribution < 1.29 is 14.3 Å². The Hall–Kier alpha value is -2.04. The normalized spacial score (nSPS) is 17.5. The third-order valence-corrected chi connectivity index (χ3v) is 2.79. The number of rotatable bonds is 3. The van der Waals surface area contributed by atoms with Gasteiger partial charge in [0.15, 0.2) is 6.10 Å². The molecule has 0 fully saturated rings. The highest BCUT2D eigenvalue weighted by atomic mass is 16.5. The van der Waals surface area contributed by atoms with Crippen LogP contribution in [-0.4, -0.2) is 24.0 Å². The summed E-state index contributed by atoms with van der Waals surface area (Å²) >= 11 is 0. The Kier molecular flexibility index (Phi) is 3.74. The zero-order valence-corrected chi connectivity index (χ0v) is 11.3. The second kappa shape index (κ2) is 5.30. The Labute approximate surface area is 112 Å². The number of benzene rings is 1. The molecule has 1 unspecified atom stereocenters. The second-order valence-corrected chi connectivity index (χ2v) is 4.98. The van der Waals surface area contributed by atoms with E-state index in [1.807, 2.05) is 19.9 Å². The lowest BCUT2D eigenvalue weighted by Crippen LogP contribution is -2.34. The van der Waals surface area contributed by atoms with E-state index in [0.717, 1.165) is 5.56 Å². The lowest BCUT2D eigenvalue weighted by molar-refractivity contribution is -0.122. The fraction of sp³-hybridized carbons (Fsp3) is 0.429. The smallest absolute Gasteiger partial charge is 0.265 e. The van der Waals surface area contributed by atoms with Gasteiger partial charge in [-0.1, -0.05) is 6.07 Å². The third kappa shape index (κ3) is 3.24. The Morgan fingerprint density at radius 3 is 2.89 bits per heavy atom. The molecule has 0 radical (unpaired) electrons. The fourth-order valence-electron chi connectivity index (χ4n) is 1.92. The van der Waals surface area contributed by atoms with Gasteiger partial charge in [0.25, 0.3) is 5.91 Å². The highest BCUT2D eigenvalue weighted by molar-refractivity contribution is 5.97. The number of hydrogen-bond donors (Lipinski definition) is 2. The molecule has 0 saturated heterocycles. The molecule has 1 atom stereocenters. The van der Waals surface area contributed by atoms with Crippen molar-refractivity contribution in [3.8, 4) is 5.75 Å². The zero-order chi connectivity index (χ0) is 14.0. The molecule has 1 aliphatic heterocycles. The standard InChI is InChI=1S/C14H18N2O3/c1-8(2)15-13(17)7-10-4-5-12-11(6-10)16-14(18)9(3)19-12/h4-6,8-9H,7H2,1-3H3,(H,15,17)(H,16,18). The number of carbonyl (C=O) groups excluding carboxylic acids is 2. The molecule has 0 saturated carbocycles. The van der Waals surface area contributed by atoms with Crippen LogP contribution in [0.15, 0.2) is 18.2 Å². The van der Waals surface area contributed by atoms with Gasteiger partial charge in [0.05, 0.1) is 12.1 Å². The molecule has 1 aliphatic rings. The third-order valence-electron chi connectivity index (χ3n) is 2.79. The molecule has 2 rings (SSSR count). The molecule has 5 heteroatoms. The maximum Gasteiger partial charge on any atom is 0.265 e. The SMILES string of the molecule is CC(C)NC(=O)Cc1ccc2c(c1)NC(=O)C(C)O2. The first-order chi connectivity index (χ1) is 8.95. The largest absolute Gasteiger partial charge is 0.479 e. The monoisotopic (exact) mass is 262 g/mol. The van der Waals surface area contributed by atoms with E-state index < -0.39 is 6.10 Å². The summed E-state index contributed by atoms with van der Waals surface area (Å²) in [6.07, 6.45) is -0.195. The number of amides is 2. The van der Waals surface area contributed by atoms with Crippen molar-refractivity contribution >= 4 is 17.5 Å². The minimum Gasteiger partial charge on any atom is -0.479 e. The van der Waals surface area contributed by atoms with Crippen LogP contribution in [0.25, 0.3) is 0 Å². The minimum atomic E-state index is -0.484. The number of ether oxygens (including phenoxy) is 1. The van der Waals surface area contributed by atoms with Crippen LogP contribution in [0.3, 0.4) is 0 Å². The van der Waals surface area contributed by atoms with E-state index in [0.29, 0.717) is 11.4 Å². The van der Waals surface area contributed by atoms with Gasteiger partial charge in [-0.15, -0.1) is 0 Å². The summed E-state index contributed by atoms with van der Waals surface area (Å²) in [6, 6.07) is 5.51. The molecule has 0 spiro atoms. The van der Waals surface area contributed by atoms with Gasteiger partial charge in [-0.2, -0.15) is 0 Å². The van der Waals surface area contributed by atoms with Gasteiger partial charge in [0, 0.05) is 6.04 Å². The molecule has 1 aromatic rings. The molecule has 1 heterocycles. The van der Waals surface area contributed by atoms with E-state index in [1.165, 1.54) is 0 Å². The maximum atomic E-state index is 11.7. The van der Waals surface area contributed by atoms with Crippen LogP contribution in [0, 0.1) is 0 Å². The first-order valence-corrected chi connectivity index (χ1v) is 6.35. The quantitative estimate of drug-likeness (QED) is 0.867. The van der Waals surface area contributed by atoms with Gasteiger partial charge in [0.1, 0.15) is 5.75 Å². The molecular weight excluding hydrogens is 244 g/mol. The van der Waals surface area contributed by atoms with Crippen molar-refractivity contribution in [2.24, 2.45) is 0 Å². The first kappa shape index (κ1) is 13.4. The van der Waals surface area contributed by atoms with E-state index in [9.17, 15) is 9.59 Å². The highest BCUT2D eigenvalue weighted by Crippen LogP contribution is 2.30. The molecule has 2 amide bonds. The van der Waals surface area contributed by atoms with E-state index >= 15 is 0 Å². The van der Waals surface area contributed by atoms with Crippen molar-refractivity contribution in [1.29, 1.82) is 0 Å². The van der Waals surface area contributed by atoms with Crippen LogP contribution in [0.5, 0.6) is 5.75 Å². The van der Waals surface area contributed by atoms with Crippen LogP contribution in [0.1, 0.15) is 26.3 Å². The molecular formula is C14H18N2O3. The van der Waals surface area contributed by atoms with E-state index in [4.69, 9.17) is 4.74 Å². The first-order valence-electron chi connectivity index (χ1n) is 6.35. The van der Waals surface area contributed by atoms with Crippen LogP contribution >= 0.6 is 0 Å². The number of carbonyl (C=O) groups is 2. The van der Waals surface area contributed by atoms with E-state index in [-0.39, 0.29) is 24.3 Å². The molecule has 2 N–H and O–H groups in total. The average Bonchev–Trinajstić information content (AvgIpc) is 2.30. The summed E-state index contributed by atoms with van der Waals surface area (Å²) in [6.45, 7) is 5.53. The number of nitrogens with one attached hydrogen (secondary N) is 2. The molecule has 5 nitrogen and oxygen atoms in total. The van der Waals surface area contributed by atoms with Crippen LogP contribution in [0.4, 0.5) is 5.69 Å². The van der Waals surface area contributed by atoms with Gasteiger partial charge >= 0.3 is 0 Å². The Morgan fingerprint density at radius 2 is 2.21 bits per heavy atom.